The monoisotopic (exact) mass is 421 g/mol. The average Bonchev–Trinajstić information content (AvgIpc) is 3.33. The molecule has 3 aromatic rings. The van der Waals surface area contributed by atoms with Crippen molar-refractivity contribution >= 4 is 11.8 Å². The highest BCUT2D eigenvalue weighted by Gasteiger charge is 2.27. The molecule has 1 aliphatic heterocycles. The number of ether oxygens (including phenoxy) is 2. The number of hydrogen-bond acceptors (Lipinski definition) is 6. The highest BCUT2D eigenvalue weighted by atomic mass is 16.5. The van der Waals surface area contributed by atoms with Crippen molar-refractivity contribution < 1.29 is 23.6 Å². The summed E-state index contributed by atoms with van der Waals surface area (Å²) in [6.07, 6.45) is 0. The Labute approximate surface area is 179 Å². The van der Waals surface area contributed by atoms with Gasteiger partial charge in [-0.2, -0.15) is 0 Å². The third-order valence-corrected chi connectivity index (χ3v) is 5.29. The zero-order chi connectivity index (χ0) is 21.8. The van der Waals surface area contributed by atoms with E-state index in [4.69, 9.17) is 14.0 Å². The Morgan fingerprint density at radius 1 is 0.871 bits per heavy atom. The van der Waals surface area contributed by atoms with Gasteiger partial charge in [0, 0.05) is 37.8 Å². The van der Waals surface area contributed by atoms with Crippen LogP contribution in [0.15, 0.2) is 59.1 Å². The topological polar surface area (TPSA) is 85.1 Å². The van der Waals surface area contributed by atoms with Gasteiger partial charge < -0.3 is 23.8 Å². The highest BCUT2D eigenvalue weighted by Crippen LogP contribution is 2.30. The number of carbonyl (C=O) groups is 2. The molecule has 0 N–H and O–H groups in total. The maximum Gasteiger partial charge on any atom is 0.276 e. The molecule has 2 aromatic carbocycles. The van der Waals surface area contributed by atoms with Crippen LogP contribution in [0.25, 0.3) is 11.3 Å². The molecule has 8 heteroatoms. The lowest BCUT2D eigenvalue weighted by Gasteiger charge is -2.34. The van der Waals surface area contributed by atoms with Crippen molar-refractivity contribution in [1.29, 1.82) is 0 Å². The summed E-state index contributed by atoms with van der Waals surface area (Å²) in [6, 6.07) is 16.0. The van der Waals surface area contributed by atoms with Crippen LogP contribution in [-0.4, -0.2) is 67.2 Å². The normalized spacial score (nSPS) is 13.7. The van der Waals surface area contributed by atoms with Crippen molar-refractivity contribution in [2.75, 3.05) is 40.4 Å². The summed E-state index contributed by atoms with van der Waals surface area (Å²) in [4.78, 5) is 29.0. The van der Waals surface area contributed by atoms with Gasteiger partial charge in [-0.05, 0) is 36.4 Å². The first kappa shape index (κ1) is 20.5. The Balaban J connectivity index is 1.39. The quantitative estimate of drug-likeness (QED) is 0.630. The summed E-state index contributed by atoms with van der Waals surface area (Å²) >= 11 is 0. The van der Waals surface area contributed by atoms with E-state index in [2.05, 4.69) is 5.16 Å². The molecule has 1 saturated heterocycles. The second-order valence-electron chi connectivity index (χ2n) is 7.09. The van der Waals surface area contributed by atoms with Gasteiger partial charge in [-0.1, -0.05) is 17.3 Å². The molecule has 0 saturated carbocycles. The summed E-state index contributed by atoms with van der Waals surface area (Å²) in [6.45, 7) is 1.76. The highest BCUT2D eigenvalue weighted by molar-refractivity contribution is 5.95. The van der Waals surface area contributed by atoms with Gasteiger partial charge in [0.25, 0.3) is 11.8 Å². The molecular weight excluding hydrogens is 398 g/mol. The number of benzene rings is 2. The molecule has 0 unspecified atom stereocenters. The van der Waals surface area contributed by atoms with Gasteiger partial charge in [0.1, 0.15) is 11.5 Å². The van der Waals surface area contributed by atoms with Crippen LogP contribution in [0.2, 0.25) is 0 Å². The van der Waals surface area contributed by atoms with E-state index in [1.54, 1.807) is 54.4 Å². The number of carbonyl (C=O) groups excluding carboxylic acids is 2. The number of nitrogens with zero attached hydrogens (tertiary/aromatic N) is 3. The minimum atomic E-state index is -0.221. The molecule has 1 aromatic heterocycles. The van der Waals surface area contributed by atoms with E-state index in [0.29, 0.717) is 49.0 Å². The van der Waals surface area contributed by atoms with Gasteiger partial charge >= 0.3 is 0 Å². The fourth-order valence-corrected chi connectivity index (χ4v) is 3.54. The molecule has 4 rings (SSSR count). The van der Waals surface area contributed by atoms with Gasteiger partial charge in [0.2, 0.25) is 0 Å². The Morgan fingerprint density at radius 2 is 1.52 bits per heavy atom. The van der Waals surface area contributed by atoms with Crippen molar-refractivity contribution in [2.45, 2.75) is 0 Å². The lowest BCUT2D eigenvalue weighted by molar-refractivity contribution is 0.0530. The zero-order valence-electron chi connectivity index (χ0n) is 17.4. The van der Waals surface area contributed by atoms with Crippen LogP contribution in [0, 0.1) is 0 Å². The Hall–Kier alpha value is -3.81. The largest absolute Gasteiger partial charge is 0.497 e. The van der Waals surface area contributed by atoms with Crippen LogP contribution in [0.5, 0.6) is 11.5 Å². The molecule has 8 nitrogen and oxygen atoms in total. The molecular formula is C23H23N3O5. The van der Waals surface area contributed by atoms with Crippen molar-refractivity contribution in [1.82, 2.24) is 15.0 Å². The third-order valence-electron chi connectivity index (χ3n) is 5.29. The Kier molecular flexibility index (Phi) is 5.88. The first-order chi connectivity index (χ1) is 15.1. The first-order valence-electron chi connectivity index (χ1n) is 9.93. The summed E-state index contributed by atoms with van der Waals surface area (Å²) in [5, 5.41) is 3.95. The number of rotatable bonds is 5. The molecule has 0 radical (unpaired) electrons. The minimum absolute atomic E-state index is 0.0605. The number of para-hydroxylation sites is 1. The third kappa shape index (κ3) is 4.23. The Bertz CT molecular complexity index is 1070. The molecule has 2 amide bonds. The number of piperazine rings is 1. The summed E-state index contributed by atoms with van der Waals surface area (Å²) in [5.41, 5.74) is 1.56. The maximum absolute atomic E-state index is 12.9. The number of amides is 2. The van der Waals surface area contributed by atoms with Crippen molar-refractivity contribution in [3.8, 4) is 22.8 Å². The number of methoxy groups -OCH3 is 2. The van der Waals surface area contributed by atoms with E-state index in [9.17, 15) is 9.59 Å². The molecule has 31 heavy (non-hydrogen) atoms. The fourth-order valence-electron chi connectivity index (χ4n) is 3.54. The first-order valence-corrected chi connectivity index (χ1v) is 9.93. The summed E-state index contributed by atoms with van der Waals surface area (Å²) < 4.78 is 15.9. The van der Waals surface area contributed by atoms with Crippen LogP contribution < -0.4 is 9.47 Å². The number of hydrogen-bond donors (Lipinski definition) is 0. The minimum Gasteiger partial charge on any atom is -0.497 e. The summed E-state index contributed by atoms with van der Waals surface area (Å²) in [5.74, 6) is 1.53. The number of aromatic nitrogens is 1. The molecule has 0 aliphatic carbocycles. The lowest BCUT2D eigenvalue weighted by atomic mass is 10.1. The van der Waals surface area contributed by atoms with Crippen LogP contribution in [0.3, 0.4) is 0 Å². The maximum atomic E-state index is 12.9. The van der Waals surface area contributed by atoms with Gasteiger partial charge in [0.05, 0.1) is 19.8 Å². The molecule has 0 atom stereocenters. The van der Waals surface area contributed by atoms with Crippen LogP contribution in [0.4, 0.5) is 0 Å². The smallest absolute Gasteiger partial charge is 0.276 e. The van der Waals surface area contributed by atoms with Crippen molar-refractivity contribution in [3.05, 3.63) is 65.9 Å². The average molecular weight is 421 g/mol. The molecule has 160 valence electrons. The molecule has 0 spiro atoms. The van der Waals surface area contributed by atoms with Gasteiger partial charge in [-0.25, -0.2) is 0 Å². The standard InChI is InChI=1S/C23H23N3O5/c1-29-17-9-7-16(8-10-17)22(27)25-11-13-26(14-12-25)23(28)19-15-21(31-24-19)18-5-3-4-6-20(18)30-2/h3-10,15H,11-14H2,1-2H3. The molecule has 1 fully saturated rings. The van der Waals surface area contributed by atoms with Crippen LogP contribution in [-0.2, 0) is 0 Å². The van der Waals surface area contributed by atoms with E-state index in [0.717, 1.165) is 5.56 Å². The van der Waals surface area contributed by atoms with E-state index in [-0.39, 0.29) is 17.5 Å². The predicted octanol–water partition coefficient (Wildman–Crippen LogP) is 2.96. The molecule has 2 heterocycles. The second kappa shape index (κ2) is 8.91. The lowest BCUT2D eigenvalue weighted by Crippen LogP contribution is -2.50. The van der Waals surface area contributed by atoms with Crippen molar-refractivity contribution in [2.24, 2.45) is 0 Å². The van der Waals surface area contributed by atoms with Gasteiger partial charge in [0.15, 0.2) is 11.5 Å². The molecule has 0 bridgehead atoms. The van der Waals surface area contributed by atoms with E-state index in [1.807, 2.05) is 24.3 Å². The Morgan fingerprint density at radius 3 is 2.16 bits per heavy atom. The second-order valence-corrected chi connectivity index (χ2v) is 7.09. The van der Waals surface area contributed by atoms with Gasteiger partial charge in [-0.15, -0.1) is 0 Å². The van der Waals surface area contributed by atoms with E-state index >= 15 is 0 Å². The zero-order valence-corrected chi connectivity index (χ0v) is 17.4. The van der Waals surface area contributed by atoms with Crippen LogP contribution in [0.1, 0.15) is 20.8 Å². The van der Waals surface area contributed by atoms with E-state index in [1.165, 1.54) is 0 Å². The summed E-state index contributed by atoms with van der Waals surface area (Å²) in [7, 11) is 3.16. The predicted molar refractivity (Wildman–Crippen MR) is 113 cm³/mol. The van der Waals surface area contributed by atoms with Crippen molar-refractivity contribution in [3.63, 3.8) is 0 Å². The van der Waals surface area contributed by atoms with Gasteiger partial charge in [-0.3, -0.25) is 9.59 Å². The molecule has 1 aliphatic rings. The van der Waals surface area contributed by atoms with E-state index < -0.39 is 0 Å². The van der Waals surface area contributed by atoms with Crippen LogP contribution >= 0.6 is 0 Å². The fraction of sp³-hybridized carbons (Fsp3) is 0.261. The SMILES string of the molecule is COc1ccc(C(=O)N2CCN(C(=O)c3cc(-c4ccccc4OC)on3)CC2)cc1.